The smallest absolute Gasteiger partial charge is 0.130 e. The van der Waals surface area contributed by atoms with Gasteiger partial charge >= 0.3 is 0 Å². The minimum absolute atomic E-state index is 0.299. The van der Waals surface area contributed by atoms with Crippen molar-refractivity contribution in [1.29, 1.82) is 0 Å². The lowest BCUT2D eigenvalue weighted by molar-refractivity contribution is 0.323. The Hall–Kier alpha value is -1.13. The van der Waals surface area contributed by atoms with E-state index in [1.165, 1.54) is 0 Å². The number of aromatic nitrogens is 1. The van der Waals surface area contributed by atoms with E-state index in [9.17, 15) is 0 Å². The summed E-state index contributed by atoms with van der Waals surface area (Å²) in [4.78, 5) is 6.56. The number of hydrogen-bond acceptors (Lipinski definition) is 4. The fourth-order valence-electron chi connectivity index (χ4n) is 1.99. The van der Waals surface area contributed by atoms with E-state index in [1.54, 1.807) is 0 Å². The fourth-order valence-corrected chi connectivity index (χ4v) is 1.99. The Labute approximate surface area is 90.5 Å². The topological polar surface area (TPSA) is 54.2 Å². The van der Waals surface area contributed by atoms with Crippen LogP contribution in [0.1, 0.15) is 13.3 Å². The second kappa shape index (κ2) is 4.16. The van der Waals surface area contributed by atoms with Gasteiger partial charge in [0.25, 0.3) is 0 Å². The van der Waals surface area contributed by atoms with Gasteiger partial charge in [-0.15, -0.1) is 0 Å². The van der Waals surface area contributed by atoms with Crippen molar-refractivity contribution in [3.63, 3.8) is 0 Å². The third-order valence-corrected chi connectivity index (χ3v) is 3.02. The Morgan fingerprint density at radius 1 is 1.60 bits per heavy atom. The van der Waals surface area contributed by atoms with Crippen molar-refractivity contribution in [1.82, 2.24) is 10.3 Å². The van der Waals surface area contributed by atoms with E-state index in [-0.39, 0.29) is 5.66 Å². The zero-order chi connectivity index (χ0) is 10.7. The molecule has 0 bridgehead atoms. The van der Waals surface area contributed by atoms with Crippen molar-refractivity contribution in [3.8, 4) is 0 Å². The van der Waals surface area contributed by atoms with Gasteiger partial charge in [0.15, 0.2) is 0 Å². The summed E-state index contributed by atoms with van der Waals surface area (Å²) in [6.45, 7) is 4.82. The maximum absolute atomic E-state index is 6.36. The van der Waals surface area contributed by atoms with Gasteiger partial charge in [0.2, 0.25) is 0 Å². The highest BCUT2D eigenvalue weighted by atomic mass is 15.3. The minimum Gasteiger partial charge on any atom is -0.336 e. The Morgan fingerprint density at radius 3 is 3.13 bits per heavy atom. The third kappa shape index (κ3) is 1.96. The standard InChI is InChI=1S/C11H18N4/c1-2-11(12)9-13-7-8-15(11)10-5-3-4-6-14-10/h3-6,13H,2,7-9,12H2,1H3. The Kier molecular flexibility index (Phi) is 2.88. The van der Waals surface area contributed by atoms with Crippen molar-refractivity contribution in [2.24, 2.45) is 5.73 Å². The van der Waals surface area contributed by atoms with Crippen LogP contribution < -0.4 is 16.0 Å². The maximum atomic E-state index is 6.36. The van der Waals surface area contributed by atoms with Gasteiger partial charge in [0.05, 0.1) is 0 Å². The van der Waals surface area contributed by atoms with Gasteiger partial charge in [0.1, 0.15) is 11.5 Å². The second-order valence-electron chi connectivity index (χ2n) is 3.97. The van der Waals surface area contributed by atoms with Crippen LogP contribution in [0.5, 0.6) is 0 Å². The first-order valence-corrected chi connectivity index (χ1v) is 5.44. The second-order valence-corrected chi connectivity index (χ2v) is 3.97. The van der Waals surface area contributed by atoms with Crippen molar-refractivity contribution in [2.75, 3.05) is 24.5 Å². The summed E-state index contributed by atoms with van der Waals surface area (Å²) in [5.74, 6) is 0.975. The molecule has 1 aliphatic heterocycles. The Balaban J connectivity index is 2.26. The molecule has 0 radical (unpaired) electrons. The Morgan fingerprint density at radius 2 is 2.47 bits per heavy atom. The third-order valence-electron chi connectivity index (χ3n) is 3.02. The van der Waals surface area contributed by atoms with Crippen LogP contribution in [0.25, 0.3) is 0 Å². The molecule has 3 N–H and O–H groups in total. The lowest BCUT2D eigenvalue weighted by Gasteiger charge is -2.45. The predicted molar refractivity (Wildman–Crippen MR) is 61.7 cm³/mol. The van der Waals surface area contributed by atoms with E-state index < -0.39 is 0 Å². The molecule has 0 aromatic carbocycles. The first-order chi connectivity index (χ1) is 7.26. The summed E-state index contributed by atoms with van der Waals surface area (Å²) >= 11 is 0. The summed E-state index contributed by atoms with van der Waals surface area (Å²) in [6, 6.07) is 5.94. The molecule has 0 spiro atoms. The summed E-state index contributed by atoms with van der Waals surface area (Å²) in [5.41, 5.74) is 6.06. The number of piperazine rings is 1. The molecule has 0 amide bonds. The number of anilines is 1. The van der Waals surface area contributed by atoms with Crippen LogP contribution in [0.2, 0.25) is 0 Å². The predicted octanol–water partition coefficient (Wildman–Crippen LogP) is 0.556. The molecule has 2 rings (SSSR count). The molecule has 1 fully saturated rings. The highest BCUT2D eigenvalue weighted by molar-refractivity contribution is 5.42. The zero-order valence-corrected chi connectivity index (χ0v) is 9.11. The molecule has 1 aromatic heterocycles. The van der Waals surface area contributed by atoms with E-state index in [0.717, 1.165) is 31.9 Å². The van der Waals surface area contributed by atoms with Gasteiger partial charge in [-0.3, -0.25) is 0 Å². The SMILES string of the molecule is CCC1(N)CNCCN1c1ccccn1. The van der Waals surface area contributed by atoms with Crippen LogP contribution in [-0.2, 0) is 0 Å². The van der Waals surface area contributed by atoms with Gasteiger partial charge < -0.3 is 16.0 Å². The van der Waals surface area contributed by atoms with Crippen molar-refractivity contribution >= 4 is 5.82 Å². The average Bonchev–Trinajstić information content (AvgIpc) is 2.31. The van der Waals surface area contributed by atoms with Crippen LogP contribution in [-0.4, -0.2) is 30.3 Å². The number of nitrogens with zero attached hydrogens (tertiary/aromatic N) is 2. The monoisotopic (exact) mass is 206 g/mol. The van der Waals surface area contributed by atoms with Gasteiger partial charge in [-0.1, -0.05) is 13.0 Å². The highest BCUT2D eigenvalue weighted by Crippen LogP contribution is 2.21. The highest BCUT2D eigenvalue weighted by Gasteiger charge is 2.33. The molecule has 4 nitrogen and oxygen atoms in total. The molecular weight excluding hydrogens is 188 g/mol. The molecule has 1 aliphatic rings. The number of nitrogens with one attached hydrogen (secondary N) is 1. The van der Waals surface area contributed by atoms with Crippen LogP contribution >= 0.6 is 0 Å². The van der Waals surface area contributed by atoms with Gasteiger partial charge in [-0.05, 0) is 18.6 Å². The normalized spacial score (nSPS) is 26.7. The van der Waals surface area contributed by atoms with Crippen LogP contribution in [0.3, 0.4) is 0 Å². The fraction of sp³-hybridized carbons (Fsp3) is 0.545. The molecule has 1 atom stereocenters. The molecule has 2 heterocycles. The van der Waals surface area contributed by atoms with Crippen LogP contribution in [0, 0.1) is 0 Å². The molecule has 4 heteroatoms. The van der Waals surface area contributed by atoms with E-state index in [1.807, 2.05) is 24.4 Å². The molecule has 82 valence electrons. The minimum atomic E-state index is -0.299. The van der Waals surface area contributed by atoms with Crippen molar-refractivity contribution in [2.45, 2.75) is 19.0 Å². The molecule has 1 saturated heterocycles. The van der Waals surface area contributed by atoms with Crippen molar-refractivity contribution < 1.29 is 0 Å². The van der Waals surface area contributed by atoms with Crippen LogP contribution in [0.15, 0.2) is 24.4 Å². The first kappa shape index (κ1) is 10.4. The summed E-state index contributed by atoms with van der Waals surface area (Å²) in [6.07, 6.45) is 2.73. The zero-order valence-electron chi connectivity index (χ0n) is 9.11. The van der Waals surface area contributed by atoms with Crippen LogP contribution in [0.4, 0.5) is 5.82 Å². The maximum Gasteiger partial charge on any atom is 0.130 e. The van der Waals surface area contributed by atoms with Gasteiger partial charge in [-0.25, -0.2) is 4.98 Å². The lowest BCUT2D eigenvalue weighted by Crippen LogP contribution is -2.67. The lowest BCUT2D eigenvalue weighted by atomic mass is 10.0. The average molecular weight is 206 g/mol. The van der Waals surface area contributed by atoms with E-state index in [0.29, 0.717) is 0 Å². The van der Waals surface area contributed by atoms with Crippen molar-refractivity contribution in [3.05, 3.63) is 24.4 Å². The van der Waals surface area contributed by atoms with Gasteiger partial charge in [-0.2, -0.15) is 0 Å². The molecule has 1 unspecified atom stereocenters. The Bertz CT molecular complexity index is 314. The molecular formula is C11H18N4. The molecule has 0 saturated carbocycles. The summed E-state index contributed by atoms with van der Waals surface area (Å²) in [7, 11) is 0. The molecule has 0 aliphatic carbocycles. The van der Waals surface area contributed by atoms with E-state index in [4.69, 9.17) is 5.73 Å². The number of hydrogen-bond donors (Lipinski definition) is 2. The van der Waals surface area contributed by atoms with E-state index in [2.05, 4.69) is 22.1 Å². The van der Waals surface area contributed by atoms with E-state index >= 15 is 0 Å². The molecule has 15 heavy (non-hydrogen) atoms. The largest absolute Gasteiger partial charge is 0.336 e. The first-order valence-electron chi connectivity index (χ1n) is 5.44. The number of rotatable bonds is 2. The number of nitrogens with two attached hydrogens (primary N) is 1. The quantitative estimate of drug-likeness (QED) is 0.742. The molecule has 1 aromatic rings. The number of pyridine rings is 1. The van der Waals surface area contributed by atoms with Gasteiger partial charge in [0, 0.05) is 25.8 Å². The summed E-state index contributed by atoms with van der Waals surface area (Å²) in [5, 5.41) is 3.33. The summed E-state index contributed by atoms with van der Waals surface area (Å²) < 4.78 is 0.